The number of hydrogen-bond acceptors (Lipinski definition) is 5. The molecule has 1 aliphatic rings. The van der Waals surface area contributed by atoms with Crippen molar-refractivity contribution in [3.63, 3.8) is 0 Å². The molecule has 0 spiro atoms. The Morgan fingerprint density at radius 1 is 1.19 bits per heavy atom. The highest BCUT2D eigenvalue weighted by Crippen LogP contribution is 2.40. The van der Waals surface area contributed by atoms with E-state index in [1.165, 1.54) is 35.9 Å². The van der Waals surface area contributed by atoms with Crippen LogP contribution >= 0.6 is 0 Å². The molecule has 1 aromatic carbocycles. The van der Waals surface area contributed by atoms with Crippen LogP contribution in [-0.4, -0.2) is 44.5 Å². The van der Waals surface area contributed by atoms with Gasteiger partial charge in [0.25, 0.3) is 5.91 Å². The van der Waals surface area contributed by atoms with Gasteiger partial charge in [-0.15, -0.1) is 0 Å². The van der Waals surface area contributed by atoms with Gasteiger partial charge in [-0.05, 0) is 59.1 Å². The van der Waals surface area contributed by atoms with Crippen LogP contribution < -0.4 is 5.32 Å². The molecule has 1 aromatic heterocycles. The number of carbonyl (C=O) groups is 2. The molecule has 2 aromatic rings. The largest absolute Gasteiger partial charge is 0.460 e. The van der Waals surface area contributed by atoms with Crippen LogP contribution in [0.3, 0.4) is 0 Å². The van der Waals surface area contributed by atoms with Crippen molar-refractivity contribution in [2.24, 2.45) is 0 Å². The van der Waals surface area contributed by atoms with Gasteiger partial charge in [0, 0.05) is 11.6 Å². The molecule has 0 aliphatic heterocycles. The van der Waals surface area contributed by atoms with Crippen molar-refractivity contribution >= 4 is 11.9 Å². The Hall–Kier alpha value is -2.88. The molecule has 0 bridgehead atoms. The summed E-state index contributed by atoms with van der Waals surface area (Å²) in [6.45, 7) is 6.71. The lowest BCUT2D eigenvalue weighted by atomic mass is 10.0. The third-order valence-corrected chi connectivity index (χ3v) is 5.94. The van der Waals surface area contributed by atoms with Crippen molar-refractivity contribution in [2.45, 2.75) is 96.2 Å². The molecule has 7 nitrogen and oxygen atoms in total. The van der Waals surface area contributed by atoms with E-state index in [9.17, 15) is 27.9 Å². The maximum absolute atomic E-state index is 13.8. The molecule has 10 heteroatoms. The summed E-state index contributed by atoms with van der Waals surface area (Å²) in [5.41, 5.74) is -1.38. The maximum Gasteiger partial charge on any atom is 0.417 e. The lowest BCUT2D eigenvalue weighted by molar-refractivity contribution is -0.155. The molecule has 1 amide bonds. The molecule has 1 heterocycles. The number of aliphatic hydroxyl groups excluding tert-OH is 1. The number of aromatic nitrogens is 2. The molecule has 2 unspecified atom stereocenters. The summed E-state index contributed by atoms with van der Waals surface area (Å²) in [7, 11) is 0. The molecule has 1 aliphatic carbocycles. The number of esters is 1. The van der Waals surface area contributed by atoms with E-state index in [2.05, 4.69) is 10.4 Å². The molecule has 36 heavy (non-hydrogen) atoms. The van der Waals surface area contributed by atoms with Crippen LogP contribution in [0.4, 0.5) is 13.2 Å². The van der Waals surface area contributed by atoms with Crippen LogP contribution in [-0.2, 0) is 15.7 Å². The predicted octanol–water partition coefficient (Wildman–Crippen LogP) is 5.29. The fraction of sp³-hybridized carbons (Fsp3) is 0.577. The summed E-state index contributed by atoms with van der Waals surface area (Å²) in [5, 5.41) is 17.0. The first-order valence-electron chi connectivity index (χ1n) is 12.2. The first kappa shape index (κ1) is 27.7. The fourth-order valence-electron chi connectivity index (χ4n) is 4.54. The topological polar surface area (TPSA) is 93.5 Å². The number of rotatable bonds is 8. The van der Waals surface area contributed by atoms with Crippen LogP contribution in [0.2, 0.25) is 0 Å². The number of benzene rings is 1. The minimum Gasteiger partial charge on any atom is -0.460 e. The smallest absolute Gasteiger partial charge is 0.417 e. The van der Waals surface area contributed by atoms with E-state index < -0.39 is 41.4 Å². The summed E-state index contributed by atoms with van der Waals surface area (Å²) in [4.78, 5) is 25.5. The molecule has 2 atom stereocenters. The normalized spacial score (nSPS) is 16.6. The maximum atomic E-state index is 13.8. The fourth-order valence-corrected chi connectivity index (χ4v) is 4.54. The number of carbonyl (C=O) groups excluding carboxylic acids is 2. The number of halogens is 3. The Morgan fingerprint density at radius 2 is 1.83 bits per heavy atom. The number of hydrogen-bond donors (Lipinski definition) is 2. The molecular weight excluding hydrogens is 475 g/mol. The van der Waals surface area contributed by atoms with E-state index in [1.807, 2.05) is 0 Å². The highest BCUT2D eigenvalue weighted by atomic mass is 19.4. The Labute approximate surface area is 209 Å². The second-order valence-corrected chi connectivity index (χ2v) is 10.4. The third kappa shape index (κ3) is 7.32. The van der Waals surface area contributed by atoms with Crippen molar-refractivity contribution in [3.05, 3.63) is 41.6 Å². The summed E-state index contributed by atoms with van der Waals surface area (Å²) in [5.74, 6) is -1.17. The summed E-state index contributed by atoms with van der Waals surface area (Å²) < 4.78 is 48.2. The van der Waals surface area contributed by atoms with Crippen molar-refractivity contribution in [1.29, 1.82) is 0 Å². The number of ether oxygens (including phenoxy) is 1. The monoisotopic (exact) mass is 509 g/mol. The first-order chi connectivity index (χ1) is 16.7. The molecule has 2 N–H and O–H groups in total. The van der Waals surface area contributed by atoms with E-state index in [0.29, 0.717) is 0 Å². The van der Waals surface area contributed by atoms with Crippen LogP contribution in [0, 0.1) is 0 Å². The van der Waals surface area contributed by atoms with Crippen LogP contribution in [0.15, 0.2) is 30.3 Å². The van der Waals surface area contributed by atoms with Gasteiger partial charge in [0.05, 0.1) is 29.8 Å². The highest BCUT2D eigenvalue weighted by molar-refractivity contribution is 5.94. The van der Waals surface area contributed by atoms with Crippen molar-refractivity contribution in [3.8, 4) is 11.3 Å². The predicted molar refractivity (Wildman–Crippen MR) is 128 cm³/mol. The first-order valence-corrected chi connectivity index (χ1v) is 12.2. The van der Waals surface area contributed by atoms with Gasteiger partial charge < -0.3 is 15.2 Å². The van der Waals surface area contributed by atoms with Crippen molar-refractivity contribution in [2.75, 3.05) is 0 Å². The Bertz CT molecular complexity index is 1070. The molecule has 0 saturated heterocycles. The third-order valence-electron chi connectivity index (χ3n) is 5.94. The van der Waals surface area contributed by atoms with Gasteiger partial charge in [-0.25, -0.2) is 0 Å². The zero-order valence-corrected chi connectivity index (χ0v) is 21.1. The van der Waals surface area contributed by atoms with Gasteiger partial charge in [-0.3, -0.25) is 14.3 Å². The van der Waals surface area contributed by atoms with E-state index in [4.69, 9.17) is 4.74 Å². The van der Waals surface area contributed by atoms with Gasteiger partial charge in [-0.2, -0.15) is 18.3 Å². The average molecular weight is 510 g/mol. The second kappa shape index (κ2) is 11.0. The zero-order valence-electron chi connectivity index (χ0n) is 21.1. The van der Waals surface area contributed by atoms with E-state index in [0.717, 1.165) is 31.7 Å². The van der Waals surface area contributed by atoms with Gasteiger partial charge in [0.1, 0.15) is 5.60 Å². The summed E-state index contributed by atoms with van der Waals surface area (Å²) >= 11 is 0. The minimum atomic E-state index is -4.57. The molecule has 1 fully saturated rings. The van der Waals surface area contributed by atoms with Gasteiger partial charge >= 0.3 is 12.1 Å². The van der Waals surface area contributed by atoms with Gasteiger partial charge in [0.15, 0.2) is 5.69 Å². The Morgan fingerprint density at radius 3 is 2.42 bits per heavy atom. The van der Waals surface area contributed by atoms with E-state index in [1.54, 1.807) is 20.8 Å². The number of nitrogens with one attached hydrogen (secondary N) is 1. The van der Waals surface area contributed by atoms with Crippen molar-refractivity contribution < 1.29 is 32.6 Å². The molecular formula is C26H34F3N3O4. The van der Waals surface area contributed by atoms with Gasteiger partial charge in [0.2, 0.25) is 0 Å². The second-order valence-electron chi connectivity index (χ2n) is 10.4. The van der Waals surface area contributed by atoms with Gasteiger partial charge in [-0.1, -0.05) is 31.0 Å². The van der Waals surface area contributed by atoms with E-state index in [-0.39, 0.29) is 35.8 Å². The molecule has 1 saturated carbocycles. The lowest BCUT2D eigenvalue weighted by Gasteiger charge is -2.23. The lowest BCUT2D eigenvalue weighted by Crippen LogP contribution is -2.40. The minimum absolute atomic E-state index is 0.0438. The number of nitrogens with zero attached hydrogens (tertiary/aromatic N) is 2. The van der Waals surface area contributed by atoms with E-state index >= 15 is 0 Å². The number of aliphatic hydroxyl groups is 1. The highest BCUT2D eigenvalue weighted by Gasteiger charge is 2.35. The average Bonchev–Trinajstić information content (AvgIpc) is 3.41. The molecule has 3 rings (SSSR count). The Balaban J connectivity index is 1.93. The Kier molecular flexibility index (Phi) is 8.48. The van der Waals surface area contributed by atoms with Crippen molar-refractivity contribution in [1.82, 2.24) is 15.1 Å². The van der Waals surface area contributed by atoms with Crippen LogP contribution in [0.25, 0.3) is 11.3 Å². The quantitative estimate of drug-likeness (QED) is 0.472. The number of amides is 1. The zero-order chi connectivity index (χ0) is 26.7. The molecule has 0 radical (unpaired) electrons. The SMILES string of the molecule is CC(O)CC(CC(=O)OC(C)(C)C)NC(=O)c1cc(-c2ccccc2C(F)(F)F)n(C2CCCC2)n1. The summed E-state index contributed by atoms with van der Waals surface area (Å²) in [6.07, 6.45) is -2.07. The molecule has 198 valence electrons. The van der Waals surface area contributed by atoms with Crippen LogP contribution in [0.1, 0.15) is 88.3 Å². The number of alkyl halides is 3. The van der Waals surface area contributed by atoms with Crippen LogP contribution in [0.5, 0.6) is 0 Å². The standard InChI is InChI=1S/C26H34F3N3O4/c1-16(33)13-17(14-23(34)36-25(2,3)4)30-24(35)21-15-22(32(31-21)18-9-5-6-10-18)19-11-7-8-12-20(19)26(27,28)29/h7-8,11-12,15-18,33H,5-6,9-10,13-14H2,1-4H3,(H,30,35). The summed E-state index contributed by atoms with van der Waals surface area (Å²) in [6, 6.07) is 5.76.